The number of hydrogen-bond donors (Lipinski definition) is 2. The van der Waals surface area contributed by atoms with Crippen LogP contribution in [0.15, 0.2) is 88.8 Å². The first kappa shape index (κ1) is 22.3. The lowest BCUT2D eigenvalue weighted by atomic mass is 10.1. The summed E-state index contributed by atoms with van der Waals surface area (Å²) in [6.45, 7) is 0.431. The average molecular weight is 451 g/mol. The van der Waals surface area contributed by atoms with Crippen LogP contribution in [0, 0.1) is 11.3 Å². The molecule has 0 radical (unpaired) electrons. The number of anilines is 1. The van der Waals surface area contributed by atoms with Crippen molar-refractivity contribution in [1.29, 1.82) is 5.26 Å². The van der Waals surface area contributed by atoms with Crippen molar-refractivity contribution >= 4 is 12.2 Å². The standard InChI is InChI=1S/C26H21N5O3/c1-33-23-13-12-21(34-17-18-8-4-2-5-9-18)14-20(23)16-28-31-26-29-24(19-10-6-3-7-11-19)22(15-27)25(32)30-26/h2-14,16H,17H2,1H3,(H2,29,30,31,32). The van der Waals surface area contributed by atoms with E-state index in [0.717, 1.165) is 5.56 Å². The van der Waals surface area contributed by atoms with E-state index in [4.69, 9.17) is 9.47 Å². The summed E-state index contributed by atoms with van der Waals surface area (Å²) in [5.74, 6) is 1.36. The van der Waals surface area contributed by atoms with Gasteiger partial charge in [0.1, 0.15) is 29.7 Å². The minimum absolute atomic E-state index is 0.0642. The molecule has 0 aliphatic carbocycles. The first-order valence-electron chi connectivity index (χ1n) is 10.4. The van der Waals surface area contributed by atoms with Crippen molar-refractivity contribution < 1.29 is 9.47 Å². The Bertz CT molecular complexity index is 1390. The summed E-state index contributed by atoms with van der Waals surface area (Å²) in [6, 6.07) is 26.2. The van der Waals surface area contributed by atoms with Gasteiger partial charge in [-0.3, -0.25) is 9.78 Å². The lowest BCUT2D eigenvalue weighted by Gasteiger charge is -2.10. The van der Waals surface area contributed by atoms with Gasteiger partial charge in [0.15, 0.2) is 0 Å². The Morgan fingerprint density at radius 3 is 2.53 bits per heavy atom. The van der Waals surface area contributed by atoms with Crippen molar-refractivity contribution in [2.75, 3.05) is 12.5 Å². The van der Waals surface area contributed by atoms with Gasteiger partial charge < -0.3 is 9.47 Å². The van der Waals surface area contributed by atoms with Gasteiger partial charge in [-0.15, -0.1) is 0 Å². The van der Waals surface area contributed by atoms with Gasteiger partial charge >= 0.3 is 0 Å². The highest BCUT2D eigenvalue weighted by atomic mass is 16.5. The second-order valence-corrected chi connectivity index (χ2v) is 7.16. The van der Waals surface area contributed by atoms with E-state index >= 15 is 0 Å². The van der Waals surface area contributed by atoms with Gasteiger partial charge in [-0.05, 0) is 23.8 Å². The molecular formula is C26H21N5O3. The molecule has 0 atom stereocenters. The molecule has 8 nitrogen and oxygen atoms in total. The molecule has 8 heteroatoms. The normalized spacial score (nSPS) is 10.6. The van der Waals surface area contributed by atoms with Crippen LogP contribution in [0.3, 0.4) is 0 Å². The molecule has 34 heavy (non-hydrogen) atoms. The summed E-state index contributed by atoms with van der Waals surface area (Å²) < 4.78 is 11.3. The molecule has 4 aromatic rings. The summed E-state index contributed by atoms with van der Waals surface area (Å²) in [5, 5.41) is 13.6. The number of aromatic amines is 1. The minimum Gasteiger partial charge on any atom is -0.496 e. The van der Waals surface area contributed by atoms with Crippen molar-refractivity contribution in [3.63, 3.8) is 0 Å². The molecule has 0 aliphatic rings. The summed E-state index contributed by atoms with van der Waals surface area (Å²) in [4.78, 5) is 19.3. The highest BCUT2D eigenvalue weighted by Gasteiger charge is 2.13. The van der Waals surface area contributed by atoms with Crippen molar-refractivity contribution in [2.45, 2.75) is 6.61 Å². The van der Waals surface area contributed by atoms with Gasteiger partial charge in [0.2, 0.25) is 5.95 Å². The summed E-state index contributed by atoms with van der Waals surface area (Å²) in [7, 11) is 1.57. The monoisotopic (exact) mass is 451 g/mol. The van der Waals surface area contributed by atoms with Crippen LogP contribution in [0.2, 0.25) is 0 Å². The summed E-state index contributed by atoms with van der Waals surface area (Å²) in [6.07, 6.45) is 1.54. The molecule has 0 unspecified atom stereocenters. The molecule has 4 rings (SSSR count). The Morgan fingerprint density at radius 2 is 1.82 bits per heavy atom. The smallest absolute Gasteiger partial charge is 0.270 e. The van der Waals surface area contributed by atoms with E-state index in [1.807, 2.05) is 60.7 Å². The van der Waals surface area contributed by atoms with Crippen molar-refractivity contribution in [2.24, 2.45) is 5.10 Å². The molecule has 0 bridgehead atoms. The fraction of sp³-hybridized carbons (Fsp3) is 0.0769. The van der Waals surface area contributed by atoms with Crippen LogP contribution in [-0.2, 0) is 6.61 Å². The third-order valence-electron chi connectivity index (χ3n) is 4.90. The van der Waals surface area contributed by atoms with Crippen LogP contribution < -0.4 is 20.5 Å². The molecule has 0 spiro atoms. The predicted octanol–water partition coefficient (Wildman–Crippen LogP) is 4.34. The molecule has 1 aromatic heterocycles. The number of methoxy groups -OCH3 is 1. The number of ether oxygens (including phenoxy) is 2. The first-order valence-corrected chi connectivity index (χ1v) is 10.4. The lowest BCUT2D eigenvalue weighted by molar-refractivity contribution is 0.305. The van der Waals surface area contributed by atoms with Crippen LogP contribution in [0.4, 0.5) is 5.95 Å². The third kappa shape index (κ3) is 5.29. The molecule has 0 amide bonds. The van der Waals surface area contributed by atoms with Crippen molar-refractivity contribution in [3.05, 3.63) is 106 Å². The van der Waals surface area contributed by atoms with Gasteiger partial charge in [-0.25, -0.2) is 10.4 Å². The quantitative estimate of drug-likeness (QED) is 0.304. The molecule has 0 saturated heterocycles. The number of benzene rings is 3. The number of H-pyrrole nitrogens is 1. The number of rotatable bonds is 8. The van der Waals surface area contributed by atoms with E-state index in [2.05, 4.69) is 20.5 Å². The zero-order valence-corrected chi connectivity index (χ0v) is 18.4. The first-order chi connectivity index (χ1) is 16.7. The molecule has 3 aromatic carbocycles. The van der Waals surface area contributed by atoms with Gasteiger partial charge in [0, 0.05) is 11.1 Å². The Balaban J connectivity index is 1.54. The number of aromatic nitrogens is 2. The van der Waals surface area contributed by atoms with Gasteiger partial charge in [-0.1, -0.05) is 60.7 Å². The van der Waals surface area contributed by atoms with E-state index in [9.17, 15) is 10.1 Å². The maximum atomic E-state index is 12.4. The van der Waals surface area contributed by atoms with Crippen molar-refractivity contribution in [3.8, 4) is 28.8 Å². The van der Waals surface area contributed by atoms with E-state index in [1.165, 1.54) is 6.21 Å². The molecule has 0 aliphatic heterocycles. The van der Waals surface area contributed by atoms with Gasteiger partial charge in [0.25, 0.3) is 5.56 Å². The topological polar surface area (TPSA) is 112 Å². The van der Waals surface area contributed by atoms with E-state index in [1.54, 1.807) is 31.4 Å². The third-order valence-corrected chi connectivity index (χ3v) is 4.90. The molecule has 0 fully saturated rings. The summed E-state index contributed by atoms with van der Waals surface area (Å²) >= 11 is 0. The van der Waals surface area contributed by atoms with E-state index in [0.29, 0.717) is 29.2 Å². The van der Waals surface area contributed by atoms with Crippen LogP contribution in [-0.4, -0.2) is 23.3 Å². The highest BCUT2D eigenvalue weighted by molar-refractivity contribution is 5.84. The van der Waals surface area contributed by atoms with Gasteiger partial charge in [-0.2, -0.15) is 10.4 Å². The molecule has 0 saturated carbocycles. The fourth-order valence-corrected chi connectivity index (χ4v) is 3.24. The fourth-order valence-electron chi connectivity index (χ4n) is 3.24. The van der Waals surface area contributed by atoms with Crippen LogP contribution >= 0.6 is 0 Å². The number of nitriles is 1. The Morgan fingerprint density at radius 1 is 1.09 bits per heavy atom. The number of hydrazone groups is 1. The zero-order chi connectivity index (χ0) is 23.8. The summed E-state index contributed by atoms with van der Waals surface area (Å²) in [5.41, 5.74) is 4.76. The van der Waals surface area contributed by atoms with Crippen LogP contribution in [0.1, 0.15) is 16.7 Å². The highest BCUT2D eigenvalue weighted by Crippen LogP contribution is 2.24. The van der Waals surface area contributed by atoms with E-state index < -0.39 is 5.56 Å². The second kappa shape index (κ2) is 10.6. The second-order valence-electron chi connectivity index (χ2n) is 7.16. The van der Waals surface area contributed by atoms with Gasteiger partial charge in [0.05, 0.1) is 19.0 Å². The minimum atomic E-state index is -0.553. The molecule has 168 valence electrons. The Labute approximate surface area is 196 Å². The largest absolute Gasteiger partial charge is 0.496 e. The van der Waals surface area contributed by atoms with Crippen LogP contribution in [0.5, 0.6) is 11.5 Å². The van der Waals surface area contributed by atoms with Crippen molar-refractivity contribution in [1.82, 2.24) is 9.97 Å². The zero-order valence-electron chi connectivity index (χ0n) is 18.4. The maximum Gasteiger partial charge on any atom is 0.270 e. The number of nitrogens with one attached hydrogen (secondary N) is 2. The molecular weight excluding hydrogens is 430 g/mol. The lowest BCUT2D eigenvalue weighted by Crippen LogP contribution is -2.16. The average Bonchev–Trinajstić information content (AvgIpc) is 2.88. The van der Waals surface area contributed by atoms with E-state index in [-0.39, 0.29) is 17.2 Å². The Hall–Kier alpha value is -4.90. The number of hydrogen-bond acceptors (Lipinski definition) is 7. The Kier molecular flexibility index (Phi) is 6.96. The number of nitrogens with zero attached hydrogens (tertiary/aromatic N) is 3. The predicted molar refractivity (Wildman–Crippen MR) is 130 cm³/mol. The molecule has 1 heterocycles. The maximum absolute atomic E-state index is 12.4. The SMILES string of the molecule is COc1ccc(OCc2ccccc2)cc1C=NNc1nc(-c2ccccc2)c(C#N)c(=O)[nH]1. The van der Waals surface area contributed by atoms with Crippen LogP contribution in [0.25, 0.3) is 11.3 Å². The molecule has 2 N–H and O–H groups in total.